The Labute approximate surface area is 157 Å². The van der Waals surface area contributed by atoms with Crippen LogP contribution >= 0.6 is 0 Å². The van der Waals surface area contributed by atoms with Crippen LogP contribution in [0.5, 0.6) is 5.75 Å². The zero-order chi connectivity index (χ0) is 19.4. The lowest BCUT2D eigenvalue weighted by Gasteiger charge is -2.25. The summed E-state index contributed by atoms with van der Waals surface area (Å²) < 4.78 is 5.17. The van der Waals surface area contributed by atoms with Gasteiger partial charge in [0.05, 0.1) is 18.7 Å². The van der Waals surface area contributed by atoms with Gasteiger partial charge < -0.3 is 19.8 Å². The number of amides is 1. The third-order valence-corrected chi connectivity index (χ3v) is 4.58. The van der Waals surface area contributed by atoms with Crippen molar-refractivity contribution in [3.8, 4) is 5.75 Å². The Morgan fingerprint density at radius 2 is 1.74 bits per heavy atom. The number of ether oxygens (including phenoxy) is 1. The van der Waals surface area contributed by atoms with Crippen molar-refractivity contribution in [1.82, 2.24) is 4.90 Å². The van der Waals surface area contributed by atoms with E-state index in [-0.39, 0.29) is 24.5 Å². The Kier molecular flexibility index (Phi) is 5.57. The molecule has 1 saturated heterocycles. The van der Waals surface area contributed by atoms with Crippen LogP contribution in [0, 0.1) is 0 Å². The summed E-state index contributed by atoms with van der Waals surface area (Å²) in [5.74, 6) is -0.966. The van der Waals surface area contributed by atoms with E-state index in [4.69, 9.17) is 9.84 Å². The van der Waals surface area contributed by atoms with Gasteiger partial charge in [-0.3, -0.25) is 9.59 Å². The molecule has 0 unspecified atom stereocenters. The number of ketones is 1. The lowest BCUT2D eigenvalue weighted by Crippen LogP contribution is -2.31. The summed E-state index contributed by atoms with van der Waals surface area (Å²) in [6.45, 7) is 0.111. The van der Waals surface area contributed by atoms with Crippen LogP contribution in [0.25, 0.3) is 5.76 Å². The minimum atomic E-state index is -0.727. The highest BCUT2D eigenvalue weighted by atomic mass is 16.5. The van der Waals surface area contributed by atoms with Crippen molar-refractivity contribution in [2.24, 2.45) is 0 Å². The number of nitrogens with zero attached hydrogens (tertiary/aromatic N) is 1. The monoisotopic (exact) mass is 367 g/mol. The van der Waals surface area contributed by atoms with E-state index in [2.05, 4.69) is 0 Å². The fourth-order valence-electron chi connectivity index (χ4n) is 3.24. The predicted molar refractivity (Wildman–Crippen MR) is 100 cm³/mol. The first-order valence-corrected chi connectivity index (χ1v) is 8.67. The minimum Gasteiger partial charge on any atom is -0.507 e. The number of rotatable bonds is 6. The third kappa shape index (κ3) is 3.57. The summed E-state index contributed by atoms with van der Waals surface area (Å²) in [5.41, 5.74) is 1.20. The Bertz CT molecular complexity index is 858. The molecule has 0 aliphatic carbocycles. The molecule has 2 N–H and O–H groups in total. The first kappa shape index (κ1) is 18.7. The number of hydrogen-bond donors (Lipinski definition) is 2. The molecule has 2 aromatic carbocycles. The fraction of sp³-hybridized carbons (Fsp3) is 0.238. The molecule has 1 aliphatic rings. The second-order valence-electron chi connectivity index (χ2n) is 6.21. The van der Waals surface area contributed by atoms with Gasteiger partial charge >= 0.3 is 0 Å². The lowest BCUT2D eigenvalue weighted by atomic mass is 9.95. The maximum Gasteiger partial charge on any atom is 0.295 e. The van der Waals surface area contributed by atoms with Crippen LogP contribution < -0.4 is 4.74 Å². The normalized spacial score (nSPS) is 18.7. The summed E-state index contributed by atoms with van der Waals surface area (Å²) in [7, 11) is 1.55. The number of aliphatic hydroxyl groups excluding tert-OH is 2. The number of hydrogen-bond acceptors (Lipinski definition) is 5. The summed E-state index contributed by atoms with van der Waals surface area (Å²) >= 11 is 0. The molecule has 0 spiro atoms. The van der Waals surface area contributed by atoms with Crippen LogP contribution in [0.4, 0.5) is 0 Å². The molecule has 0 saturated carbocycles. The molecule has 1 atom stereocenters. The quantitative estimate of drug-likeness (QED) is 0.465. The number of Topliss-reactive ketones (excluding diaryl/α,β-unsaturated/α-hetero) is 1. The average Bonchev–Trinajstić information content (AvgIpc) is 2.97. The van der Waals surface area contributed by atoms with Crippen molar-refractivity contribution >= 4 is 17.4 Å². The van der Waals surface area contributed by atoms with Crippen molar-refractivity contribution in [2.45, 2.75) is 12.5 Å². The van der Waals surface area contributed by atoms with Crippen LogP contribution in [0.2, 0.25) is 0 Å². The van der Waals surface area contributed by atoms with Crippen molar-refractivity contribution in [2.75, 3.05) is 20.3 Å². The van der Waals surface area contributed by atoms with Gasteiger partial charge in [-0.15, -0.1) is 0 Å². The number of benzene rings is 2. The average molecular weight is 367 g/mol. The van der Waals surface area contributed by atoms with Gasteiger partial charge in [-0.2, -0.15) is 0 Å². The SMILES string of the molecule is COc1ccc([C@@H]2C(=C(O)c3ccccc3)C(=O)C(=O)N2CCCO)cc1. The number of aliphatic hydroxyl groups is 2. The molecule has 6 nitrogen and oxygen atoms in total. The van der Waals surface area contributed by atoms with Gasteiger partial charge in [0.2, 0.25) is 0 Å². The summed E-state index contributed by atoms with van der Waals surface area (Å²) in [6, 6.07) is 15.0. The van der Waals surface area contributed by atoms with E-state index in [9.17, 15) is 14.7 Å². The Hall–Kier alpha value is -3.12. The summed E-state index contributed by atoms with van der Waals surface area (Å²) in [5, 5.41) is 19.9. The van der Waals surface area contributed by atoms with E-state index in [1.807, 2.05) is 0 Å². The van der Waals surface area contributed by atoms with Gasteiger partial charge in [0.15, 0.2) is 0 Å². The highest BCUT2D eigenvalue weighted by Crippen LogP contribution is 2.39. The van der Waals surface area contributed by atoms with Gasteiger partial charge in [0, 0.05) is 18.7 Å². The molecule has 3 rings (SSSR count). The zero-order valence-corrected chi connectivity index (χ0v) is 15.0. The van der Waals surface area contributed by atoms with Crippen molar-refractivity contribution < 1.29 is 24.5 Å². The standard InChI is InChI=1S/C21H21NO5/c1-27-16-10-8-14(9-11-16)18-17(19(24)15-6-3-2-4-7-15)20(25)21(26)22(18)12-5-13-23/h2-4,6-11,18,23-24H,5,12-13H2,1H3/t18-/m1/s1. The van der Waals surface area contributed by atoms with Crippen molar-refractivity contribution in [1.29, 1.82) is 0 Å². The van der Waals surface area contributed by atoms with E-state index in [0.717, 1.165) is 0 Å². The minimum absolute atomic E-state index is 0.0503. The van der Waals surface area contributed by atoms with Crippen molar-refractivity contribution in [3.63, 3.8) is 0 Å². The fourth-order valence-corrected chi connectivity index (χ4v) is 3.24. The molecule has 1 amide bonds. The molecule has 0 bridgehead atoms. The van der Waals surface area contributed by atoms with Gasteiger partial charge in [-0.1, -0.05) is 42.5 Å². The molecule has 0 radical (unpaired) electrons. The second kappa shape index (κ2) is 8.05. The molecule has 140 valence electrons. The third-order valence-electron chi connectivity index (χ3n) is 4.58. The van der Waals surface area contributed by atoms with Crippen molar-refractivity contribution in [3.05, 3.63) is 71.3 Å². The number of carbonyl (C=O) groups is 2. The maximum atomic E-state index is 12.7. The van der Waals surface area contributed by atoms with Crippen LogP contribution in [0.15, 0.2) is 60.2 Å². The molecule has 27 heavy (non-hydrogen) atoms. The molecule has 1 heterocycles. The van der Waals surface area contributed by atoms with Gasteiger partial charge in [-0.05, 0) is 24.1 Å². The molecule has 1 aliphatic heterocycles. The van der Waals surface area contributed by atoms with Crippen LogP contribution in [0.3, 0.4) is 0 Å². The zero-order valence-electron chi connectivity index (χ0n) is 15.0. The molecular weight excluding hydrogens is 346 g/mol. The van der Waals surface area contributed by atoms with E-state index in [0.29, 0.717) is 23.3 Å². The maximum absolute atomic E-state index is 12.7. The number of methoxy groups -OCH3 is 1. The smallest absolute Gasteiger partial charge is 0.295 e. The molecule has 0 aromatic heterocycles. The Balaban J connectivity index is 2.13. The first-order chi connectivity index (χ1) is 13.1. The largest absolute Gasteiger partial charge is 0.507 e. The molecule has 1 fully saturated rings. The first-order valence-electron chi connectivity index (χ1n) is 8.67. The Morgan fingerprint density at radius 1 is 1.07 bits per heavy atom. The second-order valence-corrected chi connectivity index (χ2v) is 6.21. The number of carbonyl (C=O) groups excluding carboxylic acids is 2. The Morgan fingerprint density at radius 3 is 2.33 bits per heavy atom. The van der Waals surface area contributed by atoms with E-state index in [1.54, 1.807) is 61.7 Å². The predicted octanol–water partition coefficient (Wildman–Crippen LogP) is 2.50. The molecule has 6 heteroatoms. The van der Waals surface area contributed by atoms with Crippen LogP contribution in [0.1, 0.15) is 23.6 Å². The van der Waals surface area contributed by atoms with Crippen LogP contribution in [-0.4, -0.2) is 47.1 Å². The lowest BCUT2D eigenvalue weighted by molar-refractivity contribution is -0.140. The van der Waals surface area contributed by atoms with E-state index >= 15 is 0 Å². The van der Waals surface area contributed by atoms with Crippen LogP contribution in [-0.2, 0) is 9.59 Å². The summed E-state index contributed by atoms with van der Waals surface area (Å²) in [4.78, 5) is 26.7. The topological polar surface area (TPSA) is 87.1 Å². The number of likely N-dealkylation sites (tertiary alicyclic amines) is 1. The van der Waals surface area contributed by atoms with Gasteiger partial charge in [-0.25, -0.2) is 0 Å². The molecular formula is C21H21NO5. The van der Waals surface area contributed by atoms with Gasteiger partial charge in [0.25, 0.3) is 11.7 Å². The van der Waals surface area contributed by atoms with E-state index < -0.39 is 17.7 Å². The van der Waals surface area contributed by atoms with Gasteiger partial charge in [0.1, 0.15) is 11.5 Å². The summed E-state index contributed by atoms with van der Waals surface area (Å²) in [6.07, 6.45) is 0.338. The van der Waals surface area contributed by atoms with E-state index in [1.165, 1.54) is 4.90 Å². The highest BCUT2D eigenvalue weighted by molar-refractivity contribution is 6.46. The highest BCUT2D eigenvalue weighted by Gasteiger charge is 2.45. The molecule has 2 aromatic rings.